The SMILES string of the molecule is CCC(C)(N)C1(O)CC(C)(C)C1. The van der Waals surface area contributed by atoms with Crippen LogP contribution in [0.1, 0.15) is 47.0 Å². The Balaban J connectivity index is 2.66. The molecule has 0 amide bonds. The molecule has 0 aromatic carbocycles. The van der Waals surface area contributed by atoms with Crippen LogP contribution in [-0.4, -0.2) is 16.2 Å². The molecule has 0 aliphatic heterocycles. The summed E-state index contributed by atoms with van der Waals surface area (Å²) in [6.07, 6.45) is 2.50. The summed E-state index contributed by atoms with van der Waals surface area (Å²) >= 11 is 0. The van der Waals surface area contributed by atoms with Crippen molar-refractivity contribution in [1.29, 1.82) is 0 Å². The molecule has 2 nitrogen and oxygen atoms in total. The first kappa shape index (κ1) is 10.0. The van der Waals surface area contributed by atoms with Crippen LogP contribution in [0.4, 0.5) is 0 Å². The second-order valence-electron chi connectivity index (χ2n) is 5.32. The van der Waals surface area contributed by atoms with Gasteiger partial charge in [0.2, 0.25) is 0 Å². The fourth-order valence-corrected chi connectivity index (χ4v) is 2.26. The van der Waals surface area contributed by atoms with Gasteiger partial charge in [0.05, 0.1) is 5.60 Å². The zero-order valence-electron chi connectivity index (χ0n) is 8.65. The molecule has 1 atom stereocenters. The van der Waals surface area contributed by atoms with Crippen molar-refractivity contribution >= 4 is 0 Å². The molecule has 1 unspecified atom stereocenters. The van der Waals surface area contributed by atoms with Crippen LogP contribution in [0, 0.1) is 5.41 Å². The lowest BCUT2D eigenvalue weighted by Crippen LogP contribution is -2.66. The smallest absolute Gasteiger partial charge is 0.0833 e. The first-order chi connectivity index (χ1) is 5.22. The monoisotopic (exact) mass is 171 g/mol. The molecule has 0 aromatic rings. The summed E-state index contributed by atoms with van der Waals surface area (Å²) in [6, 6.07) is 0. The Hall–Kier alpha value is -0.0800. The fraction of sp³-hybridized carbons (Fsp3) is 1.00. The van der Waals surface area contributed by atoms with Crippen molar-refractivity contribution < 1.29 is 5.11 Å². The van der Waals surface area contributed by atoms with Crippen molar-refractivity contribution in [2.45, 2.75) is 58.1 Å². The molecule has 1 rings (SSSR count). The van der Waals surface area contributed by atoms with Gasteiger partial charge in [0.25, 0.3) is 0 Å². The topological polar surface area (TPSA) is 46.2 Å². The summed E-state index contributed by atoms with van der Waals surface area (Å²) in [4.78, 5) is 0. The normalized spacial score (nSPS) is 30.5. The van der Waals surface area contributed by atoms with Crippen LogP contribution < -0.4 is 5.73 Å². The standard InChI is InChI=1S/C10H21NO/c1-5-9(4,11)10(12)6-8(2,3)7-10/h12H,5-7,11H2,1-4H3. The van der Waals surface area contributed by atoms with E-state index >= 15 is 0 Å². The third kappa shape index (κ3) is 1.38. The first-order valence-corrected chi connectivity index (χ1v) is 4.74. The Kier molecular flexibility index (Phi) is 2.05. The summed E-state index contributed by atoms with van der Waals surface area (Å²) in [5.41, 5.74) is 5.28. The average Bonchev–Trinajstić information content (AvgIpc) is 1.83. The van der Waals surface area contributed by atoms with Crippen molar-refractivity contribution in [1.82, 2.24) is 0 Å². The minimum Gasteiger partial charge on any atom is -0.388 e. The van der Waals surface area contributed by atoms with Crippen LogP contribution in [0.25, 0.3) is 0 Å². The van der Waals surface area contributed by atoms with Gasteiger partial charge in [0.1, 0.15) is 0 Å². The van der Waals surface area contributed by atoms with Crippen molar-refractivity contribution in [2.24, 2.45) is 11.1 Å². The van der Waals surface area contributed by atoms with Gasteiger partial charge in [-0.15, -0.1) is 0 Å². The summed E-state index contributed by atoms with van der Waals surface area (Å²) in [5.74, 6) is 0. The number of hydrogen-bond donors (Lipinski definition) is 2. The van der Waals surface area contributed by atoms with E-state index in [9.17, 15) is 5.11 Å². The predicted molar refractivity (Wildman–Crippen MR) is 50.8 cm³/mol. The highest BCUT2D eigenvalue weighted by atomic mass is 16.3. The van der Waals surface area contributed by atoms with Crippen LogP contribution >= 0.6 is 0 Å². The maximum absolute atomic E-state index is 10.1. The molecule has 72 valence electrons. The molecule has 1 aliphatic carbocycles. The van der Waals surface area contributed by atoms with Crippen LogP contribution in [0.15, 0.2) is 0 Å². The van der Waals surface area contributed by atoms with E-state index in [1.54, 1.807) is 0 Å². The average molecular weight is 171 g/mol. The van der Waals surface area contributed by atoms with E-state index in [2.05, 4.69) is 13.8 Å². The van der Waals surface area contributed by atoms with E-state index in [-0.39, 0.29) is 5.41 Å². The number of rotatable bonds is 2. The van der Waals surface area contributed by atoms with Crippen LogP contribution in [-0.2, 0) is 0 Å². The van der Waals surface area contributed by atoms with Crippen LogP contribution in [0.3, 0.4) is 0 Å². The molecule has 0 bridgehead atoms. The van der Waals surface area contributed by atoms with Gasteiger partial charge in [-0.05, 0) is 31.6 Å². The van der Waals surface area contributed by atoms with Crippen molar-refractivity contribution in [2.75, 3.05) is 0 Å². The summed E-state index contributed by atoms with van der Waals surface area (Å²) < 4.78 is 0. The molecule has 12 heavy (non-hydrogen) atoms. The van der Waals surface area contributed by atoms with Gasteiger partial charge in [-0.1, -0.05) is 20.8 Å². The lowest BCUT2D eigenvalue weighted by atomic mass is 9.54. The van der Waals surface area contributed by atoms with E-state index in [0.29, 0.717) is 0 Å². The number of nitrogens with two attached hydrogens (primary N) is 1. The Bertz CT molecular complexity index is 176. The second-order valence-corrected chi connectivity index (χ2v) is 5.32. The predicted octanol–water partition coefficient (Wildman–Crippen LogP) is 1.66. The maximum Gasteiger partial charge on any atom is 0.0833 e. The Morgan fingerprint density at radius 1 is 1.42 bits per heavy atom. The van der Waals surface area contributed by atoms with Crippen molar-refractivity contribution in [3.05, 3.63) is 0 Å². The molecule has 0 saturated heterocycles. The first-order valence-electron chi connectivity index (χ1n) is 4.74. The highest BCUT2D eigenvalue weighted by molar-refractivity contribution is 5.11. The third-order valence-electron chi connectivity index (χ3n) is 3.34. The Morgan fingerprint density at radius 2 is 1.83 bits per heavy atom. The quantitative estimate of drug-likeness (QED) is 0.664. The molecular weight excluding hydrogens is 150 g/mol. The van der Waals surface area contributed by atoms with Gasteiger partial charge >= 0.3 is 0 Å². The number of hydrogen-bond acceptors (Lipinski definition) is 2. The van der Waals surface area contributed by atoms with Crippen molar-refractivity contribution in [3.8, 4) is 0 Å². The number of aliphatic hydroxyl groups is 1. The molecule has 1 aliphatic rings. The van der Waals surface area contributed by atoms with Gasteiger partial charge in [-0.3, -0.25) is 0 Å². The molecule has 3 N–H and O–H groups in total. The Morgan fingerprint density at radius 3 is 2.08 bits per heavy atom. The third-order valence-corrected chi connectivity index (χ3v) is 3.34. The molecule has 1 saturated carbocycles. The largest absolute Gasteiger partial charge is 0.388 e. The Labute approximate surface area is 75.2 Å². The molecule has 0 heterocycles. The zero-order valence-corrected chi connectivity index (χ0v) is 8.65. The van der Waals surface area contributed by atoms with E-state index in [0.717, 1.165) is 19.3 Å². The van der Waals surface area contributed by atoms with E-state index in [1.807, 2.05) is 13.8 Å². The lowest BCUT2D eigenvalue weighted by Gasteiger charge is -2.57. The van der Waals surface area contributed by atoms with Gasteiger partial charge in [0, 0.05) is 5.54 Å². The molecule has 0 aromatic heterocycles. The minimum absolute atomic E-state index is 0.282. The van der Waals surface area contributed by atoms with Gasteiger partial charge < -0.3 is 10.8 Å². The highest BCUT2D eigenvalue weighted by Crippen LogP contribution is 2.52. The van der Waals surface area contributed by atoms with Gasteiger partial charge in [-0.2, -0.15) is 0 Å². The lowest BCUT2D eigenvalue weighted by molar-refractivity contribution is -0.157. The molecule has 0 spiro atoms. The molecular formula is C10H21NO. The van der Waals surface area contributed by atoms with E-state index in [4.69, 9.17) is 5.73 Å². The van der Waals surface area contributed by atoms with E-state index in [1.165, 1.54) is 0 Å². The summed E-state index contributed by atoms with van der Waals surface area (Å²) in [7, 11) is 0. The summed E-state index contributed by atoms with van der Waals surface area (Å²) in [6.45, 7) is 8.33. The van der Waals surface area contributed by atoms with Crippen molar-refractivity contribution in [3.63, 3.8) is 0 Å². The summed E-state index contributed by atoms with van der Waals surface area (Å²) in [5, 5.41) is 10.1. The molecule has 2 heteroatoms. The second kappa shape index (κ2) is 2.46. The fourth-order valence-electron chi connectivity index (χ4n) is 2.26. The van der Waals surface area contributed by atoms with Gasteiger partial charge in [0.15, 0.2) is 0 Å². The van der Waals surface area contributed by atoms with Gasteiger partial charge in [-0.25, -0.2) is 0 Å². The minimum atomic E-state index is -0.620. The van der Waals surface area contributed by atoms with Crippen LogP contribution in [0.2, 0.25) is 0 Å². The molecule has 0 radical (unpaired) electrons. The highest BCUT2D eigenvalue weighted by Gasteiger charge is 2.55. The molecule has 1 fully saturated rings. The van der Waals surface area contributed by atoms with Crippen LogP contribution in [0.5, 0.6) is 0 Å². The zero-order chi connectivity index (χ0) is 9.62. The van der Waals surface area contributed by atoms with E-state index < -0.39 is 11.1 Å². The maximum atomic E-state index is 10.1.